The Morgan fingerprint density at radius 2 is 2.17 bits per heavy atom. The van der Waals surface area contributed by atoms with Crippen molar-refractivity contribution in [3.05, 3.63) is 0 Å². The summed E-state index contributed by atoms with van der Waals surface area (Å²) in [5, 5.41) is 6.37. The fourth-order valence-corrected chi connectivity index (χ4v) is 3.19. The van der Waals surface area contributed by atoms with E-state index >= 15 is 0 Å². The maximum atomic E-state index is 12.2. The van der Waals surface area contributed by atoms with Crippen LogP contribution in [-0.4, -0.2) is 37.7 Å². The number of hydrogen-bond donors (Lipinski definition) is 2. The van der Waals surface area contributed by atoms with Gasteiger partial charge in [0.15, 0.2) is 0 Å². The van der Waals surface area contributed by atoms with Gasteiger partial charge in [0, 0.05) is 13.1 Å². The van der Waals surface area contributed by atoms with Crippen LogP contribution in [0, 0.1) is 5.41 Å². The van der Waals surface area contributed by atoms with Crippen LogP contribution in [0.4, 0.5) is 0 Å². The topological polar surface area (TPSA) is 50.4 Å². The van der Waals surface area contributed by atoms with Gasteiger partial charge in [-0.2, -0.15) is 0 Å². The first-order valence-corrected chi connectivity index (χ1v) is 7.29. The predicted octanol–water partition coefficient (Wildman–Crippen LogP) is 1.45. The summed E-state index contributed by atoms with van der Waals surface area (Å²) in [6, 6.07) is -0.186. The van der Waals surface area contributed by atoms with Gasteiger partial charge in [-0.15, -0.1) is 0 Å². The molecule has 2 fully saturated rings. The molecule has 1 heterocycles. The van der Waals surface area contributed by atoms with Crippen LogP contribution in [-0.2, 0) is 9.53 Å². The van der Waals surface area contributed by atoms with E-state index < -0.39 is 0 Å². The normalized spacial score (nSPS) is 31.2. The SMILES string of the molecule is CCC1(CNC(=O)[C@H]2NCCO[C@@H]2C)CCCC1. The van der Waals surface area contributed by atoms with Crippen molar-refractivity contribution in [3.8, 4) is 0 Å². The van der Waals surface area contributed by atoms with E-state index in [9.17, 15) is 4.79 Å². The van der Waals surface area contributed by atoms with Gasteiger partial charge in [0.25, 0.3) is 0 Å². The first-order valence-electron chi connectivity index (χ1n) is 7.29. The number of ether oxygens (including phenoxy) is 1. The van der Waals surface area contributed by atoms with Gasteiger partial charge in [0.2, 0.25) is 5.91 Å². The molecule has 104 valence electrons. The largest absolute Gasteiger partial charge is 0.375 e. The van der Waals surface area contributed by atoms with E-state index in [1.165, 1.54) is 25.7 Å². The standard InChI is InChI=1S/C14H26N2O2/c1-3-14(6-4-5-7-14)10-16-13(17)12-11(2)18-9-8-15-12/h11-12,15H,3-10H2,1-2H3,(H,16,17)/t11-,12+/m1/s1. The van der Waals surface area contributed by atoms with Gasteiger partial charge in [-0.25, -0.2) is 0 Å². The van der Waals surface area contributed by atoms with Crippen LogP contribution >= 0.6 is 0 Å². The van der Waals surface area contributed by atoms with Crippen LogP contribution in [0.1, 0.15) is 46.0 Å². The molecule has 2 rings (SSSR count). The Balaban J connectivity index is 1.83. The van der Waals surface area contributed by atoms with E-state index in [4.69, 9.17) is 4.74 Å². The summed E-state index contributed by atoms with van der Waals surface area (Å²) in [4.78, 5) is 12.2. The molecule has 2 N–H and O–H groups in total. The average molecular weight is 254 g/mol. The average Bonchev–Trinajstić information content (AvgIpc) is 2.86. The molecule has 0 unspecified atom stereocenters. The van der Waals surface area contributed by atoms with Gasteiger partial charge in [-0.3, -0.25) is 4.79 Å². The van der Waals surface area contributed by atoms with Crippen LogP contribution in [0.3, 0.4) is 0 Å². The second-order valence-electron chi connectivity index (χ2n) is 5.79. The smallest absolute Gasteiger partial charge is 0.239 e. The lowest BCUT2D eigenvalue weighted by Gasteiger charge is -2.32. The van der Waals surface area contributed by atoms with Crippen molar-refractivity contribution in [2.75, 3.05) is 19.7 Å². The van der Waals surface area contributed by atoms with Gasteiger partial charge in [0.1, 0.15) is 6.04 Å². The lowest BCUT2D eigenvalue weighted by atomic mass is 9.83. The molecular weight excluding hydrogens is 228 g/mol. The van der Waals surface area contributed by atoms with Crippen molar-refractivity contribution in [3.63, 3.8) is 0 Å². The second kappa shape index (κ2) is 6.02. The minimum atomic E-state index is -0.186. The zero-order valence-corrected chi connectivity index (χ0v) is 11.6. The molecule has 0 aromatic carbocycles. The predicted molar refractivity (Wildman–Crippen MR) is 71.4 cm³/mol. The molecule has 0 spiro atoms. The Kier molecular flexibility index (Phi) is 4.62. The van der Waals surface area contributed by atoms with Crippen molar-refractivity contribution in [1.82, 2.24) is 10.6 Å². The van der Waals surface area contributed by atoms with E-state index in [0.717, 1.165) is 19.5 Å². The number of amides is 1. The minimum Gasteiger partial charge on any atom is -0.375 e. The molecule has 2 atom stereocenters. The highest BCUT2D eigenvalue weighted by atomic mass is 16.5. The zero-order valence-electron chi connectivity index (χ0n) is 11.6. The van der Waals surface area contributed by atoms with Crippen molar-refractivity contribution in [2.24, 2.45) is 5.41 Å². The van der Waals surface area contributed by atoms with Crippen LogP contribution in [0.15, 0.2) is 0 Å². The Morgan fingerprint density at radius 1 is 1.44 bits per heavy atom. The number of nitrogens with one attached hydrogen (secondary N) is 2. The summed E-state index contributed by atoms with van der Waals surface area (Å²) in [7, 11) is 0. The highest BCUT2D eigenvalue weighted by Crippen LogP contribution is 2.40. The third-order valence-corrected chi connectivity index (χ3v) is 4.65. The maximum absolute atomic E-state index is 12.2. The maximum Gasteiger partial charge on any atom is 0.239 e. The van der Waals surface area contributed by atoms with Crippen LogP contribution in [0.5, 0.6) is 0 Å². The molecule has 0 radical (unpaired) electrons. The fraction of sp³-hybridized carbons (Fsp3) is 0.929. The van der Waals surface area contributed by atoms with Crippen LogP contribution in [0.25, 0.3) is 0 Å². The first kappa shape index (κ1) is 13.8. The molecule has 1 amide bonds. The minimum absolute atomic E-state index is 0.0279. The second-order valence-corrected chi connectivity index (χ2v) is 5.79. The van der Waals surface area contributed by atoms with Gasteiger partial charge < -0.3 is 15.4 Å². The molecular formula is C14H26N2O2. The van der Waals surface area contributed by atoms with E-state index in [1.807, 2.05) is 6.92 Å². The monoisotopic (exact) mass is 254 g/mol. The number of carbonyl (C=O) groups is 1. The van der Waals surface area contributed by atoms with E-state index in [1.54, 1.807) is 0 Å². The number of hydrogen-bond acceptors (Lipinski definition) is 3. The van der Waals surface area contributed by atoms with E-state index in [2.05, 4.69) is 17.6 Å². The Labute approximate surface area is 110 Å². The molecule has 18 heavy (non-hydrogen) atoms. The van der Waals surface area contributed by atoms with Crippen molar-refractivity contribution < 1.29 is 9.53 Å². The first-order chi connectivity index (χ1) is 8.67. The third kappa shape index (κ3) is 3.04. The van der Waals surface area contributed by atoms with E-state index in [-0.39, 0.29) is 18.1 Å². The molecule has 4 heteroatoms. The van der Waals surface area contributed by atoms with Crippen molar-refractivity contribution in [2.45, 2.75) is 58.1 Å². The highest BCUT2D eigenvalue weighted by molar-refractivity contribution is 5.82. The molecule has 1 aliphatic carbocycles. The van der Waals surface area contributed by atoms with Gasteiger partial charge in [0.05, 0.1) is 12.7 Å². The lowest BCUT2D eigenvalue weighted by Crippen LogP contribution is -2.56. The molecule has 0 bridgehead atoms. The van der Waals surface area contributed by atoms with Crippen LogP contribution < -0.4 is 10.6 Å². The Morgan fingerprint density at radius 3 is 2.78 bits per heavy atom. The summed E-state index contributed by atoms with van der Waals surface area (Å²) in [6.07, 6.45) is 6.27. The summed E-state index contributed by atoms with van der Waals surface area (Å²) >= 11 is 0. The van der Waals surface area contributed by atoms with Gasteiger partial charge in [-0.1, -0.05) is 19.8 Å². The third-order valence-electron chi connectivity index (χ3n) is 4.65. The summed E-state index contributed by atoms with van der Waals surface area (Å²) in [5.74, 6) is 0.0990. The number of carbonyl (C=O) groups excluding carboxylic acids is 1. The number of morpholine rings is 1. The Hall–Kier alpha value is -0.610. The summed E-state index contributed by atoms with van der Waals surface area (Å²) in [6.45, 7) is 6.49. The zero-order chi connectivity index (χ0) is 13.0. The molecule has 0 aromatic heterocycles. The quantitative estimate of drug-likeness (QED) is 0.798. The lowest BCUT2D eigenvalue weighted by molar-refractivity contribution is -0.129. The summed E-state index contributed by atoms with van der Waals surface area (Å²) in [5.41, 5.74) is 0.356. The molecule has 1 saturated heterocycles. The van der Waals surface area contributed by atoms with Crippen LogP contribution in [0.2, 0.25) is 0 Å². The molecule has 0 aromatic rings. The van der Waals surface area contributed by atoms with Gasteiger partial charge >= 0.3 is 0 Å². The fourth-order valence-electron chi connectivity index (χ4n) is 3.19. The van der Waals surface area contributed by atoms with E-state index in [0.29, 0.717) is 12.0 Å². The number of rotatable bonds is 4. The van der Waals surface area contributed by atoms with Gasteiger partial charge in [-0.05, 0) is 31.6 Å². The summed E-state index contributed by atoms with van der Waals surface area (Å²) < 4.78 is 5.51. The Bertz CT molecular complexity index is 288. The highest BCUT2D eigenvalue weighted by Gasteiger charge is 2.34. The molecule has 1 aliphatic heterocycles. The van der Waals surface area contributed by atoms with Crippen molar-refractivity contribution in [1.29, 1.82) is 0 Å². The molecule has 2 aliphatic rings. The molecule has 1 saturated carbocycles. The van der Waals surface area contributed by atoms with Crippen molar-refractivity contribution >= 4 is 5.91 Å². The molecule has 4 nitrogen and oxygen atoms in total.